The average molecular weight is 292 g/mol. The molecule has 6 nitrogen and oxygen atoms in total. The maximum absolute atomic E-state index is 13.1. The van der Waals surface area contributed by atoms with Crippen molar-refractivity contribution in [1.82, 2.24) is 20.1 Å². The van der Waals surface area contributed by atoms with Gasteiger partial charge in [0.25, 0.3) is 5.89 Å². The molecule has 3 rings (SSSR count). The number of aromatic nitrogens is 4. The third-order valence-corrected chi connectivity index (χ3v) is 2.67. The van der Waals surface area contributed by atoms with Crippen LogP contribution in [0.1, 0.15) is 11.7 Å². The SMILES string of the molecule is Fc1ccc(-c2noc(COCc3ncc[nH]3)n2)cc1F. The van der Waals surface area contributed by atoms with Gasteiger partial charge in [-0.05, 0) is 18.2 Å². The summed E-state index contributed by atoms with van der Waals surface area (Å²) >= 11 is 0. The van der Waals surface area contributed by atoms with Crippen molar-refractivity contribution < 1.29 is 18.0 Å². The van der Waals surface area contributed by atoms with E-state index >= 15 is 0 Å². The van der Waals surface area contributed by atoms with Gasteiger partial charge >= 0.3 is 0 Å². The summed E-state index contributed by atoms with van der Waals surface area (Å²) in [4.78, 5) is 10.9. The Hall–Kier alpha value is -2.61. The first-order valence-electron chi connectivity index (χ1n) is 6.06. The van der Waals surface area contributed by atoms with Gasteiger partial charge in [0.2, 0.25) is 5.82 Å². The predicted molar refractivity (Wildman–Crippen MR) is 66.7 cm³/mol. The van der Waals surface area contributed by atoms with Crippen LogP contribution in [0.3, 0.4) is 0 Å². The highest BCUT2D eigenvalue weighted by atomic mass is 19.2. The molecule has 0 unspecified atom stereocenters. The maximum Gasteiger partial charge on any atom is 0.252 e. The monoisotopic (exact) mass is 292 g/mol. The van der Waals surface area contributed by atoms with E-state index in [1.165, 1.54) is 6.07 Å². The molecule has 0 fully saturated rings. The van der Waals surface area contributed by atoms with Gasteiger partial charge in [-0.3, -0.25) is 0 Å². The molecular weight excluding hydrogens is 282 g/mol. The highest BCUT2D eigenvalue weighted by molar-refractivity contribution is 5.54. The van der Waals surface area contributed by atoms with E-state index < -0.39 is 11.6 Å². The third kappa shape index (κ3) is 3.11. The summed E-state index contributed by atoms with van der Waals surface area (Å²) in [5.41, 5.74) is 0.329. The molecule has 2 heterocycles. The molecule has 1 aromatic carbocycles. The second-order valence-corrected chi connectivity index (χ2v) is 4.17. The molecule has 0 saturated heterocycles. The third-order valence-electron chi connectivity index (χ3n) is 2.67. The normalized spacial score (nSPS) is 11.0. The van der Waals surface area contributed by atoms with Crippen LogP contribution in [-0.2, 0) is 18.0 Å². The Labute approximate surface area is 117 Å². The van der Waals surface area contributed by atoms with Crippen molar-refractivity contribution >= 4 is 0 Å². The van der Waals surface area contributed by atoms with Crippen molar-refractivity contribution in [3.63, 3.8) is 0 Å². The van der Waals surface area contributed by atoms with Crippen LogP contribution in [0.25, 0.3) is 11.4 Å². The number of benzene rings is 1. The molecule has 0 aliphatic carbocycles. The first-order chi connectivity index (χ1) is 10.2. The van der Waals surface area contributed by atoms with Gasteiger partial charge in [-0.15, -0.1) is 0 Å². The lowest BCUT2D eigenvalue weighted by Gasteiger charge is -1.97. The second kappa shape index (κ2) is 5.80. The largest absolute Gasteiger partial charge is 0.364 e. The molecule has 108 valence electrons. The van der Waals surface area contributed by atoms with Gasteiger partial charge in [0.15, 0.2) is 11.6 Å². The Morgan fingerprint density at radius 1 is 1.19 bits per heavy atom. The molecule has 0 spiro atoms. The van der Waals surface area contributed by atoms with Crippen LogP contribution in [0.2, 0.25) is 0 Å². The highest BCUT2D eigenvalue weighted by Gasteiger charge is 2.11. The smallest absolute Gasteiger partial charge is 0.252 e. The van der Waals surface area contributed by atoms with Gasteiger partial charge in [-0.25, -0.2) is 13.8 Å². The van der Waals surface area contributed by atoms with Gasteiger partial charge in [0, 0.05) is 18.0 Å². The van der Waals surface area contributed by atoms with Crippen molar-refractivity contribution in [2.45, 2.75) is 13.2 Å². The lowest BCUT2D eigenvalue weighted by atomic mass is 10.2. The minimum Gasteiger partial charge on any atom is -0.364 e. The lowest BCUT2D eigenvalue weighted by Crippen LogP contribution is -1.96. The van der Waals surface area contributed by atoms with E-state index in [-0.39, 0.29) is 24.9 Å². The Bertz CT molecular complexity index is 728. The number of imidazole rings is 1. The van der Waals surface area contributed by atoms with Gasteiger partial charge in [-0.1, -0.05) is 5.16 Å². The van der Waals surface area contributed by atoms with Crippen LogP contribution in [0.15, 0.2) is 35.1 Å². The van der Waals surface area contributed by atoms with Crippen molar-refractivity contribution in [3.8, 4) is 11.4 Å². The highest BCUT2D eigenvalue weighted by Crippen LogP contribution is 2.18. The first-order valence-corrected chi connectivity index (χ1v) is 6.06. The number of halogens is 2. The summed E-state index contributed by atoms with van der Waals surface area (Å²) < 4.78 is 36.3. The van der Waals surface area contributed by atoms with E-state index in [9.17, 15) is 8.78 Å². The molecule has 0 atom stereocenters. The summed E-state index contributed by atoms with van der Waals surface area (Å²) in [5.74, 6) is -0.806. The number of rotatable bonds is 5. The molecule has 0 aliphatic heterocycles. The van der Waals surface area contributed by atoms with Crippen LogP contribution < -0.4 is 0 Å². The number of hydrogen-bond donors (Lipinski definition) is 1. The number of H-pyrrole nitrogens is 1. The Morgan fingerprint density at radius 3 is 2.86 bits per heavy atom. The quantitative estimate of drug-likeness (QED) is 0.781. The van der Waals surface area contributed by atoms with Crippen molar-refractivity contribution in [1.29, 1.82) is 0 Å². The fraction of sp³-hybridized carbons (Fsp3) is 0.154. The molecule has 3 aromatic rings. The minimum absolute atomic E-state index is 0.0946. The zero-order valence-electron chi connectivity index (χ0n) is 10.7. The van der Waals surface area contributed by atoms with E-state index in [1.807, 2.05) is 0 Å². The number of nitrogens with one attached hydrogen (secondary N) is 1. The summed E-state index contributed by atoms with van der Waals surface area (Å²) in [5, 5.41) is 3.69. The molecule has 0 bridgehead atoms. The zero-order valence-corrected chi connectivity index (χ0v) is 10.7. The van der Waals surface area contributed by atoms with Crippen molar-refractivity contribution in [2.75, 3.05) is 0 Å². The number of hydrogen-bond acceptors (Lipinski definition) is 5. The molecular formula is C13H10F2N4O2. The number of aromatic amines is 1. The van der Waals surface area contributed by atoms with Gasteiger partial charge in [0.05, 0.1) is 0 Å². The minimum atomic E-state index is -0.965. The van der Waals surface area contributed by atoms with Crippen LogP contribution in [0.4, 0.5) is 8.78 Å². The molecule has 2 aromatic heterocycles. The number of nitrogens with zero attached hydrogens (tertiary/aromatic N) is 3. The Kier molecular flexibility index (Phi) is 3.69. The fourth-order valence-electron chi connectivity index (χ4n) is 1.68. The van der Waals surface area contributed by atoms with E-state index in [2.05, 4.69) is 20.1 Å². The molecule has 21 heavy (non-hydrogen) atoms. The second-order valence-electron chi connectivity index (χ2n) is 4.17. The van der Waals surface area contributed by atoms with Crippen molar-refractivity contribution in [3.05, 3.63) is 53.9 Å². The standard InChI is InChI=1S/C13H10F2N4O2/c14-9-2-1-8(5-10(9)15)13-18-12(21-19-13)7-20-6-11-16-3-4-17-11/h1-5H,6-7H2,(H,16,17). The van der Waals surface area contributed by atoms with Gasteiger partial charge in [-0.2, -0.15) is 4.98 Å². The Morgan fingerprint density at radius 2 is 2.10 bits per heavy atom. The predicted octanol–water partition coefficient (Wildman–Crippen LogP) is 2.45. The van der Waals surface area contributed by atoms with Gasteiger partial charge < -0.3 is 14.2 Å². The molecule has 1 N–H and O–H groups in total. The zero-order chi connectivity index (χ0) is 14.7. The summed E-state index contributed by atoms with van der Waals surface area (Å²) in [6, 6.07) is 3.39. The topological polar surface area (TPSA) is 76.8 Å². The van der Waals surface area contributed by atoms with Crippen molar-refractivity contribution in [2.24, 2.45) is 0 Å². The van der Waals surface area contributed by atoms with E-state index in [4.69, 9.17) is 9.26 Å². The Balaban J connectivity index is 1.64. The molecule has 0 saturated carbocycles. The summed E-state index contributed by atoms with van der Waals surface area (Å²) in [6.45, 7) is 0.368. The van der Waals surface area contributed by atoms with E-state index in [0.29, 0.717) is 11.4 Å². The summed E-state index contributed by atoms with van der Waals surface area (Å²) in [6.07, 6.45) is 3.30. The van der Waals surface area contributed by atoms with Crippen LogP contribution in [0, 0.1) is 11.6 Å². The molecule has 0 radical (unpaired) electrons. The fourth-order valence-corrected chi connectivity index (χ4v) is 1.68. The van der Waals surface area contributed by atoms with Crippen LogP contribution >= 0.6 is 0 Å². The maximum atomic E-state index is 13.1. The van der Waals surface area contributed by atoms with E-state index in [0.717, 1.165) is 12.1 Å². The van der Waals surface area contributed by atoms with Gasteiger partial charge in [0.1, 0.15) is 19.0 Å². The number of ether oxygens (including phenoxy) is 1. The first kappa shape index (κ1) is 13.4. The lowest BCUT2D eigenvalue weighted by molar-refractivity contribution is 0.0810. The van der Waals surface area contributed by atoms with Crippen LogP contribution in [0.5, 0.6) is 0 Å². The molecule has 8 heteroatoms. The summed E-state index contributed by atoms with van der Waals surface area (Å²) in [7, 11) is 0. The van der Waals surface area contributed by atoms with Crippen LogP contribution in [-0.4, -0.2) is 20.1 Å². The van der Waals surface area contributed by atoms with E-state index in [1.54, 1.807) is 12.4 Å². The molecule has 0 amide bonds. The average Bonchev–Trinajstić information content (AvgIpc) is 3.13. The molecule has 0 aliphatic rings.